The minimum absolute atomic E-state index is 0.459. The molecule has 5 heteroatoms. The summed E-state index contributed by atoms with van der Waals surface area (Å²) in [6.07, 6.45) is 8.10. The number of halogens is 1. The quantitative estimate of drug-likeness (QED) is 0.818. The molecule has 1 saturated carbocycles. The molecule has 3 rings (SSSR count). The third-order valence-electron chi connectivity index (χ3n) is 4.09. The molecule has 1 heterocycles. The van der Waals surface area contributed by atoms with Crippen molar-refractivity contribution in [3.8, 4) is 5.69 Å². The van der Waals surface area contributed by atoms with E-state index >= 15 is 0 Å². The lowest BCUT2D eigenvalue weighted by molar-refractivity contribution is 0.445. The molecule has 2 aromatic rings. The number of aromatic nitrogens is 2. The van der Waals surface area contributed by atoms with Crippen LogP contribution in [0.15, 0.2) is 46.2 Å². The van der Waals surface area contributed by atoms with Crippen molar-refractivity contribution in [1.29, 1.82) is 0 Å². The Bertz CT molecular complexity index is 740. The maximum absolute atomic E-state index is 12.2. The van der Waals surface area contributed by atoms with Crippen molar-refractivity contribution in [2.45, 2.75) is 32.2 Å². The van der Waals surface area contributed by atoms with Crippen molar-refractivity contribution < 1.29 is 0 Å². The molecule has 0 atom stereocenters. The van der Waals surface area contributed by atoms with Gasteiger partial charge in [-0.25, -0.2) is 0 Å². The first-order chi connectivity index (χ1) is 10.1. The summed E-state index contributed by atoms with van der Waals surface area (Å²) in [4.78, 5) is 24.5. The van der Waals surface area contributed by atoms with Crippen LogP contribution in [-0.4, -0.2) is 9.13 Å². The van der Waals surface area contributed by atoms with Crippen LogP contribution in [0.2, 0.25) is 5.02 Å². The predicted molar refractivity (Wildman–Crippen MR) is 83.3 cm³/mol. The molecular formula is C16H17ClN2O2. The Morgan fingerprint density at radius 3 is 2.33 bits per heavy atom. The summed E-state index contributed by atoms with van der Waals surface area (Å²) in [6, 6.07) is 6.86. The van der Waals surface area contributed by atoms with E-state index in [1.165, 1.54) is 17.4 Å². The molecule has 1 aromatic carbocycles. The largest absolute Gasteiger partial charge is 0.320 e. The molecule has 0 N–H and O–H groups in total. The van der Waals surface area contributed by atoms with Crippen LogP contribution in [0.3, 0.4) is 0 Å². The zero-order chi connectivity index (χ0) is 14.8. The summed E-state index contributed by atoms with van der Waals surface area (Å²) >= 11 is 5.84. The predicted octanol–water partition coefficient (Wildman–Crippen LogP) is 2.84. The highest BCUT2D eigenvalue weighted by atomic mass is 35.5. The van der Waals surface area contributed by atoms with Gasteiger partial charge in [0.2, 0.25) is 0 Å². The standard InChI is InChI=1S/C16H17ClN2O2/c17-13-5-7-14(8-6-13)19-10-9-18(15(20)16(19)21)11-12-3-1-2-4-12/h5-10,12H,1-4,11H2. The smallest absolute Gasteiger partial charge is 0.309 e. The van der Waals surface area contributed by atoms with Crippen LogP contribution < -0.4 is 11.1 Å². The van der Waals surface area contributed by atoms with Gasteiger partial charge in [0.1, 0.15) is 0 Å². The second kappa shape index (κ2) is 5.90. The molecule has 1 aromatic heterocycles. The Morgan fingerprint density at radius 1 is 1.00 bits per heavy atom. The van der Waals surface area contributed by atoms with Crippen LogP contribution in [0.1, 0.15) is 25.7 Å². The van der Waals surface area contributed by atoms with E-state index in [9.17, 15) is 9.59 Å². The van der Waals surface area contributed by atoms with Crippen molar-refractivity contribution in [3.05, 3.63) is 62.4 Å². The first-order valence-electron chi connectivity index (χ1n) is 7.23. The van der Waals surface area contributed by atoms with Gasteiger partial charge in [-0.05, 0) is 43.0 Å². The average molecular weight is 305 g/mol. The van der Waals surface area contributed by atoms with E-state index in [-0.39, 0.29) is 0 Å². The van der Waals surface area contributed by atoms with E-state index in [1.54, 1.807) is 41.2 Å². The van der Waals surface area contributed by atoms with E-state index in [0.29, 0.717) is 23.2 Å². The minimum atomic E-state index is -0.516. The topological polar surface area (TPSA) is 44.0 Å². The minimum Gasteiger partial charge on any atom is -0.309 e. The number of hydrogen-bond acceptors (Lipinski definition) is 2. The van der Waals surface area contributed by atoms with Crippen LogP contribution in [0, 0.1) is 5.92 Å². The van der Waals surface area contributed by atoms with Gasteiger partial charge in [0, 0.05) is 29.6 Å². The molecule has 1 aliphatic carbocycles. The van der Waals surface area contributed by atoms with Crippen molar-refractivity contribution in [2.24, 2.45) is 5.92 Å². The van der Waals surface area contributed by atoms with E-state index in [2.05, 4.69) is 0 Å². The van der Waals surface area contributed by atoms with Crippen LogP contribution in [0.4, 0.5) is 0 Å². The summed E-state index contributed by atoms with van der Waals surface area (Å²) in [7, 11) is 0. The monoisotopic (exact) mass is 304 g/mol. The summed E-state index contributed by atoms with van der Waals surface area (Å²) in [5, 5.41) is 0.598. The van der Waals surface area contributed by atoms with Gasteiger partial charge in [0.15, 0.2) is 0 Å². The number of benzene rings is 1. The van der Waals surface area contributed by atoms with Gasteiger partial charge in [-0.2, -0.15) is 0 Å². The van der Waals surface area contributed by atoms with Gasteiger partial charge in [-0.15, -0.1) is 0 Å². The molecule has 1 aliphatic rings. The number of nitrogens with zero attached hydrogens (tertiary/aromatic N) is 2. The Hall–Kier alpha value is -1.81. The molecule has 21 heavy (non-hydrogen) atoms. The van der Waals surface area contributed by atoms with E-state index in [0.717, 1.165) is 12.8 Å². The highest BCUT2D eigenvalue weighted by molar-refractivity contribution is 6.30. The summed E-state index contributed by atoms with van der Waals surface area (Å²) in [6.45, 7) is 0.648. The van der Waals surface area contributed by atoms with Crippen LogP contribution in [0.25, 0.3) is 5.69 Å². The maximum Gasteiger partial charge on any atom is 0.320 e. The van der Waals surface area contributed by atoms with E-state index in [4.69, 9.17) is 11.6 Å². The SMILES string of the molecule is O=c1c(=O)n(-c2ccc(Cl)cc2)ccn1CC1CCCC1. The van der Waals surface area contributed by atoms with E-state index in [1.807, 2.05) is 0 Å². The van der Waals surface area contributed by atoms with Crippen LogP contribution in [0.5, 0.6) is 0 Å². The lowest BCUT2D eigenvalue weighted by Crippen LogP contribution is -2.40. The molecule has 110 valence electrons. The van der Waals surface area contributed by atoms with Gasteiger partial charge < -0.3 is 4.57 Å². The normalized spacial score (nSPS) is 15.5. The maximum atomic E-state index is 12.2. The van der Waals surface area contributed by atoms with Crippen molar-refractivity contribution in [2.75, 3.05) is 0 Å². The third kappa shape index (κ3) is 2.95. The highest BCUT2D eigenvalue weighted by Crippen LogP contribution is 2.25. The van der Waals surface area contributed by atoms with Gasteiger partial charge in [0.25, 0.3) is 0 Å². The summed E-state index contributed by atoms with van der Waals surface area (Å²) in [5.74, 6) is 0.522. The van der Waals surface area contributed by atoms with E-state index < -0.39 is 11.1 Å². The Balaban J connectivity index is 1.94. The molecule has 1 fully saturated rings. The van der Waals surface area contributed by atoms with Gasteiger partial charge in [-0.1, -0.05) is 24.4 Å². The van der Waals surface area contributed by atoms with Crippen molar-refractivity contribution in [1.82, 2.24) is 9.13 Å². The van der Waals surface area contributed by atoms with Gasteiger partial charge in [-0.3, -0.25) is 14.2 Å². The molecule has 0 unspecified atom stereocenters. The fourth-order valence-electron chi connectivity index (χ4n) is 2.93. The molecule has 0 aliphatic heterocycles. The molecule has 0 bridgehead atoms. The lowest BCUT2D eigenvalue weighted by Gasteiger charge is -2.12. The average Bonchev–Trinajstić information content (AvgIpc) is 2.98. The number of rotatable bonds is 3. The Kier molecular flexibility index (Phi) is 3.97. The zero-order valence-corrected chi connectivity index (χ0v) is 12.4. The van der Waals surface area contributed by atoms with Gasteiger partial charge in [0.05, 0.1) is 0 Å². The molecule has 0 radical (unpaired) electrons. The highest BCUT2D eigenvalue weighted by Gasteiger charge is 2.17. The van der Waals surface area contributed by atoms with Crippen molar-refractivity contribution >= 4 is 11.6 Å². The van der Waals surface area contributed by atoms with Crippen molar-refractivity contribution in [3.63, 3.8) is 0 Å². The second-order valence-electron chi connectivity index (χ2n) is 5.56. The molecule has 0 spiro atoms. The zero-order valence-electron chi connectivity index (χ0n) is 11.7. The van der Waals surface area contributed by atoms with Crippen LogP contribution in [-0.2, 0) is 6.54 Å². The summed E-state index contributed by atoms with van der Waals surface area (Å²) in [5.41, 5.74) is -0.327. The first kappa shape index (κ1) is 14.1. The molecular weight excluding hydrogens is 288 g/mol. The number of hydrogen-bond donors (Lipinski definition) is 0. The lowest BCUT2D eigenvalue weighted by atomic mass is 10.1. The second-order valence-corrected chi connectivity index (χ2v) is 5.99. The molecule has 0 amide bonds. The third-order valence-corrected chi connectivity index (χ3v) is 4.34. The molecule has 4 nitrogen and oxygen atoms in total. The fourth-order valence-corrected chi connectivity index (χ4v) is 3.05. The van der Waals surface area contributed by atoms with Gasteiger partial charge >= 0.3 is 11.1 Å². The Labute approximate surface area is 127 Å². The first-order valence-corrected chi connectivity index (χ1v) is 7.61. The summed E-state index contributed by atoms with van der Waals surface area (Å²) < 4.78 is 2.91. The molecule has 0 saturated heterocycles. The van der Waals surface area contributed by atoms with Crippen LogP contribution >= 0.6 is 11.6 Å². The Morgan fingerprint density at radius 2 is 1.67 bits per heavy atom. The fraction of sp³-hybridized carbons (Fsp3) is 0.375.